The lowest BCUT2D eigenvalue weighted by molar-refractivity contribution is 1.06. The zero-order valence-electron chi connectivity index (χ0n) is 4.96. The number of hydrogen-bond acceptors (Lipinski definition) is 5. The molecule has 0 aliphatic carbocycles. The summed E-state index contributed by atoms with van der Waals surface area (Å²) in [5, 5.41) is 2.90. The van der Waals surface area contributed by atoms with Crippen LogP contribution in [0.5, 0.6) is 0 Å². The van der Waals surface area contributed by atoms with Gasteiger partial charge in [-0.15, -0.1) is 0 Å². The largest absolute Gasteiger partial charge is 0.369 e. The molecule has 10 heavy (non-hydrogen) atoms. The van der Waals surface area contributed by atoms with Crippen LogP contribution in [0.3, 0.4) is 0 Å². The van der Waals surface area contributed by atoms with Gasteiger partial charge < -0.3 is 5.73 Å². The van der Waals surface area contributed by atoms with Gasteiger partial charge in [-0.05, 0) is 0 Å². The van der Waals surface area contributed by atoms with Gasteiger partial charge in [0.1, 0.15) is 0 Å². The Balaban J connectivity index is 3.33. The molecule has 0 unspecified atom stereocenters. The first-order valence-electron chi connectivity index (χ1n) is 2.46. The number of nitrogen functional groups attached to an aromatic ring is 1. The van der Waals surface area contributed by atoms with Crippen molar-refractivity contribution in [1.82, 2.24) is 9.97 Å². The Hall–Kier alpha value is -1.72. The molecule has 0 saturated heterocycles. The standard InChI is InChI=1S/C4H5N5O/c5-4-7-1-2(9-6)3(10)8-4/h1,6H,(H3,5,7,8,10). The topological polar surface area (TPSA) is 108 Å². The van der Waals surface area contributed by atoms with E-state index < -0.39 is 5.56 Å². The lowest BCUT2D eigenvalue weighted by Gasteiger charge is -1.89. The molecule has 0 saturated carbocycles. The van der Waals surface area contributed by atoms with Gasteiger partial charge in [-0.3, -0.25) is 9.78 Å². The van der Waals surface area contributed by atoms with E-state index in [0.717, 1.165) is 6.20 Å². The molecule has 0 radical (unpaired) electrons. The van der Waals surface area contributed by atoms with Gasteiger partial charge in [0.05, 0.1) is 6.20 Å². The van der Waals surface area contributed by atoms with E-state index in [0.29, 0.717) is 0 Å². The van der Waals surface area contributed by atoms with E-state index in [4.69, 9.17) is 11.3 Å². The average molecular weight is 139 g/mol. The fourth-order valence-corrected chi connectivity index (χ4v) is 0.482. The Morgan fingerprint density at radius 3 is 3.00 bits per heavy atom. The number of hydrogen-bond donors (Lipinski definition) is 3. The second-order valence-corrected chi connectivity index (χ2v) is 1.59. The molecule has 52 valence electrons. The summed E-state index contributed by atoms with van der Waals surface area (Å²) in [6.45, 7) is 0. The van der Waals surface area contributed by atoms with Crippen molar-refractivity contribution in [3.63, 3.8) is 0 Å². The van der Waals surface area contributed by atoms with Crippen LogP contribution in [0.2, 0.25) is 0 Å². The molecular formula is C4H5N5O. The molecule has 6 heteroatoms. The van der Waals surface area contributed by atoms with Crippen LogP contribution in [-0.2, 0) is 0 Å². The molecule has 1 rings (SSSR count). The van der Waals surface area contributed by atoms with Crippen LogP contribution < -0.4 is 11.3 Å². The van der Waals surface area contributed by atoms with Crippen LogP contribution >= 0.6 is 0 Å². The molecule has 0 bridgehead atoms. The predicted octanol–water partition coefficient (Wildman–Crippen LogP) is 0.0146. The zero-order chi connectivity index (χ0) is 7.56. The minimum atomic E-state index is -0.498. The summed E-state index contributed by atoms with van der Waals surface area (Å²) in [6.07, 6.45) is 1.14. The highest BCUT2D eigenvalue weighted by Crippen LogP contribution is 1.98. The molecule has 0 aliphatic heterocycles. The van der Waals surface area contributed by atoms with Crippen molar-refractivity contribution in [2.75, 3.05) is 5.73 Å². The van der Waals surface area contributed by atoms with Gasteiger partial charge in [0.15, 0.2) is 11.6 Å². The van der Waals surface area contributed by atoms with Crippen LogP contribution in [0.15, 0.2) is 16.1 Å². The van der Waals surface area contributed by atoms with E-state index in [1.54, 1.807) is 0 Å². The third-order valence-corrected chi connectivity index (χ3v) is 0.921. The fourth-order valence-electron chi connectivity index (χ4n) is 0.482. The molecule has 0 spiro atoms. The van der Waals surface area contributed by atoms with Crippen molar-refractivity contribution >= 4 is 11.6 Å². The van der Waals surface area contributed by atoms with Crippen molar-refractivity contribution in [2.45, 2.75) is 0 Å². The summed E-state index contributed by atoms with van der Waals surface area (Å²) in [6, 6.07) is 0. The van der Waals surface area contributed by atoms with Gasteiger partial charge in [0.2, 0.25) is 0 Å². The molecule has 0 aliphatic rings. The Kier molecular flexibility index (Phi) is 1.44. The second-order valence-electron chi connectivity index (χ2n) is 1.59. The molecule has 4 N–H and O–H groups in total. The lowest BCUT2D eigenvalue weighted by Crippen LogP contribution is -2.09. The molecule has 6 nitrogen and oxygen atoms in total. The summed E-state index contributed by atoms with van der Waals surface area (Å²) in [5.41, 5.74) is 11.0. The minimum absolute atomic E-state index is 0.0254. The quantitative estimate of drug-likeness (QED) is 0.477. The first-order valence-corrected chi connectivity index (χ1v) is 2.46. The Morgan fingerprint density at radius 2 is 2.50 bits per heavy atom. The van der Waals surface area contributed by atoms with Gasteiger partial charge in [-0.2, -0.15) is 5.11 Å². The molecule has 0 amide bonds. The number of nitrogens with one attached hydrogen (secondary N) is 2. The van der Waals surface area contributed by atoms with Crippen molar-refractivity contribution in [3.8, 4) is 0 Å². The van der Waals surface area contributed by atoms with Crippen LogP contribution in [0, 0.1) is 5.53 Å². The average Bonchev–Trinajstić information content (AvgIpc) is 1.88. The summed E-state index contributed by atoms with van der Waals surface area (Å²) in [5.74, 6) is 0.0254. The molecule has 1 aromatic heterocycles. The monoisotopic (exact) mass is 139 g/mol. The molecule has 0 atom stereocenters. The number of nitrogens with zero attached hydrogens (tertiary/aromatic N) is 2. The van der Waals surface area contributed by atoms with Crippen molar-refractivity contribution in [2.24, 2.45) is 5.11 Å². The van der Waals surface area contributed by atoms with Gasteiger partial charge in [-0.25, -0.2) is 10.5 Å². The highest BCUT2D eigenvalue weighted by atomic mass is 16.1. The van der Waals surface area contributed by atoms with Crippen LogP contribution in [0.25, 0.3) is 0 Å². The third kappa shape index (κ3) is 0.993. The molecule has 1 aromatic rings. The number of anilines is 1. The summed E-state index contributed by atoms with van der Waals surface area (Å²) in [7, 11) is 0. The second kappa shape index (κ2) is 2.26. The lowest BCUT2D eigenvalue weighted by atomic mass is 10.5. The van der Waals surface area contributed by atoms with E-state index in [1.807, 2.05) is 0 Å². The highest BCUT2D eigenvalue weighted by molar-refractivity contribution is 5.32. The zero-order valence-corrected chi connectivity index (χ0v) is 4.96. The van der Waals surface area contributed by atoms with E-state index in [-0.39, 0.29) is 11.6 Å². The fraction of sp³-hybridized carbons (Fsp3) is 0. The number of aromatic nitrogens is 2. The number of rotatable bonds is 1. The maximum absolute atomic E-state index is 10.7. The van der Waals surface area contributed by atoms with E-state index in [9.17, 15) is 4.79 Å². The van der Waals surface area contributed by atoms with Gasteiger partial charge in [-0.1, -0.05) is 0 Å². The molecule has 0 fully saturated rings. The van der Waals surface area contributed by atoms with E-state index >= 15 is 0 Å². The maximum atomic E-state index is 10.7. The Bertz CT molecular complexity index is 303. The van der Waals surface area contributed by atoms with Crippen LogP contribution in [0.4, 0.5) is 11.6 Å². The smallest absolute Gasteiger partial charge is 0.280 e. The van der Waals surface area contributed by atoms with Crippen molar-refractivity contribution < 1.29 is 0 Å². The van der Waals surface area contributed by atoms with Gasteiger partial charge in [0.25, 0.3) is 5.56 Å². The van der Waals surface area contributed by atoms with Crippen molar-refractivity contribution in [1.29, 1.82) is 5.53 Å². The number of nitrogens with two attached hydrogens (primary N) is 1. The first kappa shape index (κ1) is 6.40. The van der Waals surface area contributed by atoms with Crippen LogP contribution in [-0.4, -0.2) is 9.97 Å². The van der Waals surface area contributed by atoms with Crippen LogP contribution in [0.1, 0.15) is 0 Å². The Morgan fingerprint density at radius 1 is 1.80 bits per heavy atom. The van der Waals surface area contributed by atoms with E-state index in [2.05, 4.69) is 15.1 Å². The SMILES string of the molecule is N=Nc1cnc(N)[nH]c1=O. The van der Waals surface area contributed by atoms with Gasteiger partial charge in [0, 0.05) is 0 Å². The number of aromatic amines is 1. The summed E-state index contributed by atoms with van der Waals surface area (Å²) in [4.78, 5) is 16.4. The molecular weight excluding hydrogens is 134 g/mol. The Labute approximate surface area is 55.6 Å². The summed E-state index contributed by atoms with van der Waals surface area (Å²) >= 11 is 0. The van der Waals surface area contributed by atoms with Gasteiger partial charge >= 0.3 is 0 Å². The normalized spacial score (nSPS) is 9.20. The highest BCUT2D eigenvalue weighted by Gasteiger charge is 1.95. The molecule has 1 heterocycles. The minimum Gasteiger partial charge on any atom is -0.369 e. The number of H-pyrrole nitrogens is 1. The first-order chi connectivity index (χ1) is 4.74. The van der Waals surface area contributed by atoms with Crippen molar-refractivity contribution in [3.05, 3.63) is 16.6 Å². The maximum Gasteiger partial charge on any atom is 0.280 e. The molecule has 0 aromatic carbocycles. The predicted molar refractivity (Wildman–Crippen MR) is 34.1 cm³/mol. The summed E-state index contributed by atoms with van der Waals surface area (Å²) < 4.78 is 0. The van der Waals surface area contributed by atoms with E-state index in [1.165, 1.54) is 0 Å². The third-order valence-electron chi connectivity index (χ3n) is 0.921.